The van der Waals surface area contributed by atoms with Crippen molar-refractivity contribution < 1.29 is 14.4 Å². The molecule has 0 radical (unpaired) electrons. The Labute approximate surface area is 99.3 Å². The minimum atomic E-state index is -0.382. The molecule has 1 aliphatic rings. The maximum atomic E-state index is 11.8. The topological polar surface area (TPSA) is 75.3 Å². The molecular formula is C12H14N2O3. The summed E-state index contributed by atoms with van der Waals surface area (Å²) in [5.41, 5.74) is 0.566. The quantitative estimate of drug-likeness (QED) is 0.538. The van der Waals surface area contributed by atoms with E-state index in [1.807, 2.05) is 0 Å². The highest BCUT2D eigenvalue weighted by atomic mass is 16.2. The van der Waals surface area contributed by atoms with Crippen LogP contribution in [0.4, 0.5) is 0 Å². The number of allylic oxidation sites excluding steroid dienone is 2. The van der Waals surface area contributed by atoms with Crippen LogP contribution in [0.1, 0.15) is 13.8 Å². The molecule has 0 heterocycles. The number of Topliss-reactive ketones (excluding diaryl/α,β-unsaturated/α-hetero) is 1. The van der Waals surface area contributed by atoms with Crippen molar-refractivity contribution in [1.82, 2.24) is 10.6 Å². The normalized spacial score (nSPS) is 15.5. The Kier molecular flexibility index (Phi) is 3.98. The van der Waals surface area contributed by atoms with Gasteiger partial charge in [0.2, 0.25) is 17.5 Å². The molecule has 5 heteroatoms. The first kappa shape index (κ1) is 12.9. The third kappa shape index (κ3) is 2.90. The van der Waals surface area contributed by atoms with E-state index in [2.05, 4.69) is 17.2 Å². The average molecular weight is 234 g/mol. The molecule has 0 saturated heterocycles. The van der Waals surface area contributed by atoms with Crippen molar-refractivity contribution in [2.75, 3.05) is 6.54 Å². The van der Waals surface area contributed by atoms with Crippen LogP contribution in [-0.2, 0) is 14.4 Å². The zero-order chi connectivity index (χ0) is 13.0. The molecule has 5 nitrogen and oxygen atoms in total. The summed E-state index contributed by atoms with van der Waals surface area (Å²) in [6.45, 7) is 6.74. The van der Waals surface area contributed by atoms with E-state index >= 15 is 0 Å². The molecule has 0 aromatic carbocycles. The van der Waals surface area contributed by atoms with Gasteiger partial charge >= 0.3 is 0 Å². The molecule has 0 aliphatic heterocycles. The molecule has 0 spiro atoms. The van der Waals surface area contributed by atoms with Crippen molar-refractivity contribution in [3.8, 4) is 0 Å². The first-order chi connectivity index (χ1) is 7.97. The second-order valence-corrected chi connectivity index (χ2v) is 3.60. The summed E-state index contributed by atoms with van der Waals surface area (Å²) < 4.78 is 0. The highest BCUT2D eigenvalue weighted by Gasteiger charge is 2.25. The lowest BCUT2D eigenvalue weighted by Gasteiger charge is -2.17. The fourth-order valence-corrected chi connectivity index (χ4v) is 1.45. The summed E-state index contributed by atoms with van der Waals surface area (Å²) >= 11 is 0. The van der Waals surface area contributed by atoms with Crippen molar-refractivity contribution in [3.63, 3.8) is 0 Å². The van der Waals surface area contributed by atoms with Crippen molar-refractivity contribution in [2.45, 2.75) is 13.8 Å². The number of nitrogens with one attached hydrogen (secondary N) is 2. The van der Waals surface area contributed by atoms with Gasteiger partial charge in [-0.05, 0) is 6.92 Å². The van der Waals surface area contributed by atoms with Crippen molar-refractivity contribution in [3.05, 3.63) is 35.7 Å². The first-order valence-corrected chi connectivity index (χ1v) is 5.11. The van der Waals surface area contributed by atoms with Crippen molar-refractivity contribution >= 4 is 17.5 Å². The standard InChI is InChI=1S/C12H14N2O3/c1-4-5-13-11-7(2)12(17)9(6-10(11)16)14-8(3)15/h4,6,13H,1,5H2,2-3H3,(H,14,15). The zero-order valence-corrected chi connectivity index (χ0v) is 9.79. The monoisotopic (exact) mass is 234 g/mol. The maximum Gasteiger partial charge on any atom is 0.221 e. The van der Waals surface area contributed by atoms with E-state index in [0.717, 1.165) is 6.08 Å². The van der Waals surface area contributed by atoms with Gasteiger partial charge in [-0.1, -0.05) is 6.08 Å². The van der Waals surface area contributed by atoms with Gasteiger partial charge in [-0.15, -0.1) is 6.58 Å². The highest BCUT2D eigenvalue weighted by molar-refractivity contribution is 6.22. The van der Waals surface area contributed by atoms with E-state index in [1.54, 1.807) is 13.0 Å². The number of rotatable bonds is 4. The molecule has 0 bridgehead atoms. The molecule has 0 aromatic heterocycles. The molecular weight excluding hydrogens is 220 g/mol. The summed E-state index contributed by atoms with van der Waals surface area (Å²) in [6.07, 6.45) is 2.72. The summed E-state index contributed by atoms with van der Waals surface area (Å²) in [5, 5.41) is 5.15. The molecule has 90 valence electrons. The van der Waals surface area contributed by atoms with Gasteiger partial charge in [0.05, 0.1) is 11.4 Å². The van der Waals surface area contributed by atoms with Crippen molar-refractivity contribution in [2.24, 2.45) is 0 Å². The van der Waals surface area contributed by atoms with Gasteiger partial charge in [0.1, 0.15) is 0 Å². The van der Waals surface area contributed by atoms with Gasteiger partial charge in [0.25, 0.3) is 0 Å². The van der Waals surface area contributed by atoms with Gasteiger partial charge in [-0.3, -0.25) is 14.4 Å². The second kappa shape index (κ2) is 5.25. The van der Waals surface area contributed by atoms with Gasteiger partial charge in [0, 0.05) is 25.1 Å². The predicted octanol–water partition coefficient (Wildman–Crippen LogP) is 0.208. The fraction of sp³-hybridized carbons (Fsp3) is 0.250. The molecule has 0 atom stereocenters. The largest absolute Gasteiger partial charge is 0.378 e. The van der Waals surface area contributed by atoms with Gasteiger partial charge in [-0.25, -0.2) is 0 Å². The van der Waals surface area contributed by atoms with Crippen LogP contribution in [0.2, 0.25) is 0 Å². The van der Waals surface area contributed by atoms with Crippen LogP contribution in [0, 0.1) is 0 Å². The van der Waals surface area contributed by atoms with Gasteiger partial charge < -0.3 is 10.6 Å². The molecule has 1 rings (SSSR count). The van der Waals surface area contributed by atoms with E-state index in [-0.39, 0.29) is 28.9 Å². The third-order valence-electron chi connectivity index (χ3n) is 2.22. The Morgan fingerprint density at radius 2 is 2.12 bits per heavy atom. The summed E-state index contributed by atoms with van der Waals surface area (Å²) in [7, 11) is 0. The summed E-state index contributed by atoms with van der Waals surface area (Å²) in [6, 6.07) is 0. The van der Waals surface area contributed by atoms with Crippen LogP contribution >= 0.6 is 0 Å². The average Bonchev–Trinajstić information content (AvgIpc) is 2.25. The fourth-order valence-electron chi connectivity index (χ4n) is 1.45. The van der Waals surface area contributed by atoms with Gasteiger partial charge in [0.15, 0.2) is 0 Å². The number of ketones is 2. The maximum absolute atomic E-state index is 11.8. The van der Waals surface area contributed by atoms with E-state index in [0.29, 0.717) is 12.1 Å². The zero-order valence-electron chi connectivity index (χ0n) is 9.79. The highest BCUT2D eigenvalue weighted by Crippen LogP contribution is 2.15. The molecule has 0 unspecified atom stereocenters. The Hall–Kier alpha value is -2.17. The molecule has 2 N–H and O–H groups in total. The van der Waals surface area contributed by atoms with Crippen LogP contribution < -0.4 is 10.6 Å². The predicted molar refractivity (Wildman–Crippen MR) is 62.8 cm³/mol. The number of carbonyl (C=O) groups excluding carboxylic acids is 3. The molecule has 0 fully saturated rings. The Balaban J connectivity index is 2.97. The molecule has 0 aromatic rings. The SMILES string of the molecule is C=CCNC1=C(C)C(=O)C(NC(C)=O)=CC1=O. The number of amides is 1. The summed E-state index contributed by atoms with van der Waals surface area (Å²) in [4.78, 5) is 34.4. The minimum Gasteiger partial charge on any atom is -0.378 e. The van der Waals surface area contributed by atoms with Crippen LogP contribution in [0.15, 0.2) is 35.7 Å². The first-order valence-electron chi connectivity index (χ1n) is 5.11. The van der Waals surface area contributed by atoms with Crippen molar-refractivity contribution in [1.29, 1.82) is 0 Å². The van der Waals surface area contributed by atoms with Gasteiger partial charge in [-0.2, -0.15) is 0 Å². The van der Waals surface area contributed by atoms with Crippen LogP contribution in [0.25, 0.3) is 0 Å². The lowest BCUT2D eigenvalue weighted by atomic mass is 9.98. The van der Waals surface area contributed by atoms with Crippen LogP contribution in [0.3, 0.4) is 0 Å². The molecule has 17 heavy (non-hydrogen) atoms. The number of hydrogen-bond acceptors (Lipinski definition) is 4. The lowest BCUT2D eigenvalue weighted by Crippen LogP contribution is -2.33. The molecule has 0 saturated carbocycles. The number of carbonyl (C=O) groups is 3. The third-order valence-corrected chi connectivity index (χ3v) is 2.22. The van der Waals surface area contributed by atoms with E-state index in [1.165, 1.54) is 6.92 Å². The van der Waals surface area contributed by atoms with E-state index in [9.17, 15) is 14.4 Å². The Bertz CT molecular complexity index is 458. The second-order valence-electron chi connectivity index (χ2n) is 3.60. The van der Waals surface area contributed by atoms with E-state index < -0.39 is 0 Å². The lowest BCUT2D eigenvalue weighted by molar-refractivity contribution is -0.121. The minimum absolute atomic E-state index is 0.0177. The number of hydrogen-bond donors (Lipinski definition) is 2. The molecule has 1 aliphatic carbocycles. The Morgan fingerprint density at radius 1 is 1.47 bits per heavy atom. The van der Waals surface area contributed by atoms with Crippen LogP contribution in [-0.4, -0.2) is 24.0 Å². The smallest absolute Gasteiger partial charge is 0.221 e. The Morgan fingerprint density at radius 3 is 2.65 bits per heavy atom. The van der Waals surface area contributed by atoms with Crippen LogP contribution in [0.5, 0.6) is 0 Å². The molecule has 1 amide bonds. The summed E-state index contributed by atoms with van der Waals surface area (Å²) in [5.74, 6) is -1.06. The van der Waals surface area contributed by atoms with E-state index in [4.69, 9.17) is 0 Å².